The number of hydrogen-bond donors (Lipinski definition) is 1. The Labute approximate surface area is 213 Å². The van der Waals surface area contributed by atoms with E-state index in [4.69, 9.17) is 4.74 Å². The zero-order valence-corrected chi connectivity index (χ0v) is 20.6. The topological polar surface area (TPSA) is 94.8 Å². The first-order valence-electron chi connectivity index (χ1n) is 10.8. The third kappa shape index (κ3) is 6.05. The molecule has 0 radical (unpaired) electrons. The van der Waals surface area contributed by atoms with Crippen molar-refractivity contribution in [2.75, 3.05) is 12.4 Å². The number of methoxy groups -OCH3 is 1. The van der Waals surface area contributed by atoms with Crippen LogP contribution in [0, 0.1) is 19.7 Å². The van der Waals surface area contributed by atoms with E-state index in [1.807, 2.05) is 19.9 Å². The fraction of sp³-hybridized carbons (Fsp3) is 0.208. The molecule has 0 spiro atoms. The van der Waals surface area contributed by atoms with Gasteiger partial charge in [0.15, 0.2) is 10.9 Å². The van der Waals surface area contributed by atoms with Gasteiger partial charge in [-0.05, 0) is 62.4 Å². The number of aromatic nitrogens is 5. The van der Waals surface area contributed by atoms with E-state index in [1.54, 1.807) is 24.3 Å². The van der Waals surface area contributed by atoms with E-state index in [1.165, 1.54) is 23.6 Å². The Hall–Kier alpha value is -4.00. The summed E-state index contributed by atoms with van der Waals surface area (Å²) in [6.45, 7) is 3.66. The number of nitrogens with zero attached hydrogens (tertiary/aromatic N) is 5. The van der Waals surface area contributed by atoms with E-state index in [0.29, 0.717) is 34.4 Å². The van der Waals surface area contributed by atoms with Gasteiger partial charge in [0.25, 0.3) is 5.91 Å². The summed E-state index contributed by atoms with van der Waals surface area (Å²) >= 11 is 1.24. The number of nitrogens with one attached hydrogen (secondary N) is 1. The average Bonchev–Trinajstić information content (AvgIpc) is 3.27. The van der Waals surface area contributed by atoms with Crippen molar-refractivity contribution in [2.24, 2.45) is 0 Å². The minimum atomic E-state index is -4.92. The summed E-state index contributed by atoms with van der Waals surface area (Å²) in [5.41, 5.74) is 0.617. The lowest BCUT2D eigenvalue weighted by Gasteiger charge is -2.11. The third-order valence-electron chi connectivity index (χ3n) is 5.12. The quantitative estimate of drug-likeness (QED) is 0.194. The lowest BCUT2D eigenvalue weighted by atomic mass is 10.1. The molecule has 13 heteroatoms. The molecule has 192 valence electrons. The molecule has 0 saturated carbocycles. The predicted molar refractivity (Wildman–Crippen MR) is 128 cm³/mol. The van der Waals surface area contributed by atoms with Gasteiger partial charge in [0.05, 0.1) is 24.1 Å². The fourth-order valence-corrected chi connectivity index (χ4v) is 4.38. The third-order valence-corrected chi connectivity index (χ3v) is 5.98. The summed E-state index contributed by atoms with van der Waals surface area (Å²) in [5.74, 6) is -1.47. The first kappa shape index (κ1) is 26.1. The molecule has 0 saturated heterocycles. The van der Waals surface area contributed by atoms with Crippen LogP contribution in [0.5, 0.6) is 5.75 Å². The maximum Gasteiger partial charge on any atom is 0.419 e. The van der Waals surface area contributed by atoms with Gasteiger partial charge in [-0.25, -0.2) is 19.0 Å². The molecule has 0 unspecified atom stereocenters. The highest BCUT2D eigenvalue weighted by atomic mass is 32.2. The number of hydrogen-bond acceptors (Lipinski definition) is 7. The zero-order valence-electron chi connectivity index (χ0n) is 19.8. The molecule has 0 aliphatic carbocycles. The van der Waals surface area contributed by atoms with E-state index in [2.05, 4.69) is 25.6 Å². The molecule has 2 aromatic carbocycles. The second-order valence-corrected chi connectivity index (χ2v) is 8.81. The first-order chi connectivity index (χ1) is 17.5. The Morgan fingerprint density at radius 2 is 1.73 bits per heavy atom. The van der Waals surface area contributed by atoms with Crippen molar-refractivity contribution in [3.8, 4) is 11.4 Å². The molecule has 0 aliphatic rings. The molecular weight excluding hydrogens is 512 g/mol. The van der Waals surface area contributed by atoms with Crippen LogP contribution in [-0.4, -0.2) is 38.0 Å². The van der Waals surface area contributed by atoms with Gasteiger partial charge in [-0.15, -0.1) is 5.10 Å². The lowest BCUT2D eigenvalue weighted by molar-refractivity contribution is -0.139. The van der Waals surface area contributed by atoms with Gasteiger partial charge in [-0.3, -0.25) is 4.79 Å². The van der Waals surface area contributed by atoms with Crippen LogP contribution in [0.1, 0.15) is 33.1 Å². The zero-order chi connectivity index (χ0) is 26.7. The minimum absolute atomic E-state index is 0.120. The predicted octanol–water partition coefficient (Wildman–Crippen LogP) is 5.39. The maximum absolute atomic E-state index is 13.7. The molecular formula is C24H20F4N6O2S. The SMILES string of the molecule is COc1ccc(-n2nnc(C(=O)Nc3ccc(F)c(C(F)(F)F)c3)c2CSc2nc(C)cc(C)n2)cc1. The molecule has 2 heterocycles. The Morgan fingerprint density at radius 3 is 2.35 bits per heavy atom. The lowest BCUT2D eigenvalue weighted by Crippen LogP contribution is -2.16. The van der Waals surface area contributed by atoms with Gasteiger partial charge in [0.1, 0.15) is 11.6 Å². The van der Waals surface area contributed by atoms with Crippen molar-refractivity contribution in [2.45, 2.75) is 30.9 Å². The number of thioether (sulfide) groups is 1. The average molecular weight is 533 g/mol. The maximum atomic E-state index is 13.7. The Morgan fingerprint density at radius 1 is 1.05 bits per heavy atom. The molecule has 37 heavy (non-hydrogen) atoms. The highest BCUT2D eigenvalue weighted by Crippen LogP contribution is 2.33. The van der Waals surface area contributed by atoms with Crippen molar-refractivity contribution >= 4 is 23.4 Å². The second kappa shape index (κ2) is 10.5. The number of alkyl halides is 3. The van der Waals surface area contributed by atoms with Crippen molar-refractivity contribution in [1.82, 2.24) is 25.0 Å². The number of carbonyl (C=O) groups excluding carboxylic acids is 1. The van der Waals surface area contributed by atoms with Crippen LogP contribution in [0.4, 0.5) is 23.2 Å². The number of amides is 1. The number of carbonyl (C=O) groups is 1. The molecule has 0 atom stereocenters. The number of anilines is 1. The molecule has 1 N–H and O–H groups in total. The van der Waals surface area contributed by atoms with E-state index >= 15 is 0 Å². The molecule has 0 aliphatic heterocycles. The van der Waals surface area contributed by atoms with Gasteiger partial charge in [0, 0.05) is 22.8 Å². The number of ether oxygens (including phenoxy) is 1. The molecule has 2 aromatic heterocycles. The van der Waals surface area contributed by atoms with Gasteiger partial charge in [0.2, 0.25) is 0 Å². The summed E-state index contributed by atoms with van der Waals surface area (Å²) in [6, 6.07) is 10.9. The van der Waals surface area contributed by atoms with Gasteiger partial charge in [-0.1, -0.05) is 17.0 Å². The normalized spacial score (nSPS) is 11.4. The Kier molecular flexibility index (Phi) is 7.43. The largest absolute Gasteiger partial charge is 0.497 e. The second-order valence-electron chi connectivity index (χ2n) is 7.86. The van der Waals surface area contributed by atoms with E-state index < -0.39 is 23.5 Å². The van der Waals surface area contributed by atoms with Crippen LogP contribution < -0.4 is 10.1 Å². The fourth-order valence-electron chi connectivity index (χ4n) is 3.44. The van der Waals surface area contributed by atoms with Crippen molar-refractivity contribution in [1.29, 1.82) is 0 Å². The highest BCUT2D eigenvalue weighted by molar-refractivity contribution is 7.98. The van der Waals surface area contributed by atoms with Gasteiger partial charge >= 0.3 is 6.18 Å². The molecule has 4 rings (SSSR count). The van der Waals surface area contributed by atoms with Gasteiger partial charge < -0.3 is 10.1 Å². The molecule has 4 aromatic rings. The molecule has 0 fully saturated rings. The number of halogens is 4. The smallest absolute Gasteiger partial charge is 0.419 e. The molecule has 8 nitrogen and oxygen atoms in total. The minimum Gasteiger partial charge on any atom is -0.497 e. The summed E-state index contributed by atoms with van der Waals surface area (Å²) in [7, 11) is 1.53. The van der Waals surface area contributed by atoms with Crippen LogP contribution in [0.15, 0.2) is 53.7 Å². The molecule has 0 bridgehead atoms. The van der Waals surface area contributed by atoms with Crippen LogP contribution >= 0.6 is 11.8 Å². The monoisotopic (exact) mass is 532 g/mol. The van der Waals surface area contributed by atoms with E-state index in [-0.39, 0.29) is 17.1 Å². The van der Waals surface area contributed by atoms with Crippen LogP contribution in [-0.2, 0) is 11.9 Å². The Bertz CT molecular complexity index is 1420. The number of aryl methyl sites for hydroxylation is 2. The number of rotatable bonds is 7. The van der Waals surface area contributed by atoms with E-state index in [9.17, 15) is 22.4 Å². The van der Waals surface area contributed by atoms with Crippen molar-refractivity contribution in [3.63, 3.8) is 0 Å². The van der Waals surface area contributed by atoms with Crippen molar-refractivity contribution in [3.05, 3.63) is 82.7 Å². The van der Waals surface area contributed by atoms with Crippen LogP contribution in [0.2, 0.25) is 0 Å². The standard InChI is InChI=1S/C24H20F4N6O2S/c1-13-10-14(2)30-23(29-13)37-12-20-21(32-33-34(20)16-5-7-17(36-3)8-6-16)22(35)31-15-4-9-19(25)18(11-15)24(26,27)28/h4-11H,12H2,1-3H3,(H,31,35). The molecule has 1 amide bonds. The van der Waals surface area contributed by atoms with Gasteiger partial charge in [-0.2, -0.15) is 13.2 Å². The van der Waals surface area contributed by atoms with Crippen molar-refractivity contribution < 1.29 is 27.1 Å². The summed E-state index contributed by atoms with van der Waals surface area (Å²) in [4.78, 5) is 21.9. The summed E-state index contributed by atoms with van der Waals surface area (Å²) in [5, 5.41) is 10.9. The first-order valence-corrected chi connectivity index (χ1v) is 11.8. The highest BCUT2D eigenvalue weighted by Gasteiger charge is 2.34. The summed E-state index contributed by atoms with van der Waals surface area (Å²) in [6.07, 6.45) is -4.92. The van der Waals surface area contributed by atoms with Crippen LogP contribution in [0.3, 0.4) is 0 Å². The number of benzene rings is 2. The summed E-state index contributed by atoms with van der Waals surface area (Å²) < 4.78 is 59.6. The Balaban J connectivity index is 1.68. The van der Waals surface area contributed by atoms with Crippen LogP contribution in [0.25, 0.3) is 5.69 Å². The van der Waals surface area contributed by atoms with E-state index in [0.717, 1.165) is 17.5 Å².